The molecular formula is C4H11CsN+. The van der Waals surface area contributed by atoms with Gasteiger partial charge in [0.1, 0.15) is 0 Å². The van der Waals surface area contributed by atoms with Crippen LogP contribution in [0.3, 0.4) is 0 Å². The molecular weight excluding hydrogens is 195 g/mol. The molecule has 0 unspecified atom stereocenters. The molecule has 0 aliphatic heterocycles. The van der Waals surface area contributed by atoms with Crippen LogP contribution in [0.2, 0.25) is 0 Å². The van der Waals surface area contributed by atoms with E-state index in [0.29, 0.717) is 0 Å². The van der Waals surface area contributed by atoms with E-state index in [4.69, 9.17) is 5.73 Å². The summed E-state index contributed by atoms with van der Waals surface area (Å²) in [6, 6.07) is 0. The van der Waals surface area contributed by atoms with Crippen molar-refractivity contribution in [2.45, 2.75) is 19.8 Å². The number of unbranched alkanes of at least 4 members (excludes halogenated alkanes) is 1. The van der Waals surface area contributed by atoms with Crippen LogP contribution < -0.4 is 74.6 Å². The van der Waals surface area contributed by atoms with E-state index in [0.717, 1.165) is 6.54 Å². The van der Waals surface area contributed by atoms with E-state index in [1.54, 1.807) is 0 Å². The van der Waals surface area contributed by atoms with Gasteiger partial charge in [-0.15, -0.1) is 0 Å². The van der Waals surface area contributed by atoms with Crippen LogP contribution in [-0.4, -0.2) is 6.54 Å². The summed E-state index contributed by atoms with van der Waals surface area (Å²) in [7, 11) is 0. The monoisotopic (exact) mass is 206 g/mol. The van der Waals surface area contributed by atoms with Gasteiger partial charge in [0.05, 0.1) is 0 Å². The molecule has 0 fully saturated rings. The maximum absolute atomic E-state index is 5.14. The van der Waals surface area contributed by atoms with Gasteiger partial charge in [0.25, 0.3) is 0 Å². The van der Waals surface area contributed by atoms with E-state index < -0.39 is 0 Å². The molecule has 2 heteroatoms. The number of hydrogen-bond donors (Lipinski definition) is 1. The topological polar surface area (TPSA) is 26.0 Å². The summed E-state index contributed by atoms with van der Waals surface area (Å²) >= 11 is 0. The molecule has 0 rings (SSSR count). The van der Waals surface area contributed by atoms with E-state index in [9.17, 15) is 0 Å². The van der Waals surface area contributed by atoms with Crippen LogP contribution in [0.15, 0.2) is 0 Å². The van der Waals surface area contributed by atoms with Crippen LogP contribution in [0.4, 0.5) is 0 Å². The fourth-order valence-corrected chi connectivity index (χ4v) is 0.204. The second-order valence-electron chi connectivity index (χ2n) is 1.14. The van der Waals surface area contributed by atoms with Gasteiger partial charge in [0.2, 0.25) is 0 Å². The Morgan fingerprint density at radius 1 is 1.50 bits per heavy atom. The molecule has 0 atom stereocenters. The van der Waals surface area contributed by atoms with E-state index >= 15 is 0 Å². The summed E-state index contributed by atoms with van der Waals surface area (Å²) in [5.41, 5.74) is 5.14. The third-order valence-electron chi connectivity index (χ3n) is 0.558. The van der Waals surface area contributed by atoms with Crippen molar-refractivity contribution in [3.63, 3.8) is 0 Å². The quantitative estimate of drug-likeness (QED) is 0.542. The molecule has 6 heavy (non-hydrogen) atoms. The Labute approximate surface area is 98.5 Å². The molecule has 0 amide bonds. The Balaban J connectivity index is 0. The number of nitrogens with two attached hydrogens (primary N) is 1. The average Bonchev–Trinajstić information content (AvgIpc) is 1.41. The molecule has 1 nitrogen and oxygen atoms in total. The first kappa shape index (κ1) is 10.9. The molecule has 0 heterocycles. The van der Waals surface area contributed by atoms with Crippen LogP contribution in [0.5, 0.6) is 0 Å². The Bertz CT molecular complexity index is 15.0. The number of hydrogen-bond acceptors (Lipinski definition) is 1. The van der Waals surface area contributed by atoms with Crippen molar-refractivity contribution in [3.05, 3.63) is 0 Å². The summed E-state index contributed by atoms with van der Waals surface area (Å²) < 4.78 is 0. The van der Waals surface area contributed by atoms with Gasteiger partial charge in [-0.05, 0) is 13.0 Å². The molecule has 0 saturated carbocycles. The smallest absolute Gasteiger partial charge is 0.330 e. The van der Waals surface area contributed by atoms with Gasteiger partial charge in [0.15, 0.2) is 0 Å². The minimum atomic E-state index is 0. The van der Waals surface area contributed by atoms with E-state index in [2.05, 4.69) is 6.92 Å². The zero-order chi connectivity index (χ0) is 4.12. The molecule has 0 aromatic carbocycles. The fraction of sp³-hybridized carbons (Fsp3) is 1.00. The Morgan fingerprint density at radius 2 is 2.00 bits per heavy atom. The summed E-state index contributed by atoms with van der Waals surface area (Å²) in [5, 5.41) is 0. The normalized spacial score (nSPS) is 7.00. The summed E-state index contributed by atoms with van der Waals surface area (Å²) in [4.78, 5) is 0. The van der Waals surface area contributed by atoms with Crippen LogP contribution >= 0.6 is 0 Å². The molecule has 0 bridgehead atoms. The van der Waals surface area contributed by atoms with Crippen molar-refractivity contribution in [1.29, 1.82) is 0 Å². The van der Waals surface area contributed by atoms with Crippen molar-refractivity contribution >= 4 is 0 Å². The number of rotatable bonds is 2. The summed E-state index contributed by atoms with van der Waals surface area (Å²) in [5.74, 6) is 0. The Kier molecular flexibility index (Phi) is 18.3. The maximum Gasteiger partial charge on any atom is 1.00 e. The Morgan fingerprint density at radius 3 is 2.00 bits per heavy atom. The molecule has 0 radical (unpaired) electrons. The minimum absolute atomic E-state index is 0. The van der Waals surface area contributed by atoms with Crippen molar-refractivity contribution in [3.8, 4) is 0 Å². The van der Waals surface area contributed by atoms with Crippen LogP contribution in [-0.2, 0) is 0 Å². The molecule has 0 aromatic rings. The van der Waals surface area contributed by atoms with Gasteiger partial charge < -0.3 is 5.73 Å². The first-order valence-corrected chi connectivity index (χ1v) is 2.12. The van der Waals surface area contributed by atoms with Gasteiger partial charge in [-0.1, -0.05) is 13.3 Å². The van der Waals surface area contributed by atoms with Gasteiger partial charge in [-0.25, -0.2) is 0 Å². The van der Waals surface area contributed by atoms with Crippen molar-refractivity contribution in [1.82, 2.24) is 0 Å². The van der Waals surface area contributed by atoms with Gasteiger partial charge in [-0.3, -0.25) is 0 Å². The first-order valence-electron chi connectivity index (χ1n) is 2.12. The average molecular weight is 206 g/mol. The van der Waals surface area contributed by atoms with Crippen LogP contribution in [0, 0.1) is 0 Å². The van der Waals surface area contributed by atoms with Crippen molar-refractivity contribution < 1.29 is 68.9 Å². The first-order chi connectivity index (χ1) is 2.41. The standard InChI is InChI=1S/C4H11N.Cs/c1-2-3-4-5;/h2-5H2,1H3;/q;+1. The fourth-order valence-electron chi connectivity index (χ4n) is 0.204. The predicted octanol–water partition coefficient (Wildman–Crippen LogP) is -2.25. The van der Waals surface area contributed by atoms with Gasteiger partial charge in [-0.2, -0.15) is 0 Å². The molecule has 2 N–H and O–H groups in total. The summed E-state index contributed by atoms with van der Waals surface area (Å²) in [6.45, 7) is 2.98. The second-order valence-corrected chi connectivity index (χ2v) is 1.14. The molecule has 0 aliphatic carbocycles. The Hall–Kier alpha value is 2.01. The van der Waals surface area contributed by atoms with Crippen molar-refractivity contribution in [2.75, 3.05) is 6.54 Å². The van der Waals surface area contributed by atoms with E-state index in [1.165, 1.54) is 12.8 Å². The predicted molar refractivity (Wildman–Crippen MR) is 24.0 cm³/mol. The molecule has 0 spiro atoms. The second kappa shape index (κ2) is 10.1. The third kappa shape index (κ3) is 9.38. The zero-order valence-corrected chi connectivity index (χ0v) is 11.0. The summed E-state index contributed by atoms with van der Waals surface area (Å²) in [6.07, 6.45) is 2.39. The molecule has 0 saturated heterocycles. The molecule has 0 aliphatic rings. The largest absolute Gasteiger partial charge is 1.00 e. The molecule has 32 valence electrons. The molecule has 0 aromatic heterocycles. The third-order valence-corrected chi connectivity index (χ3v) is 0.558. The van der Waals surface area contributed by atoms with Gasteiger partial charge in [0, 0.05) is 0 Å². The van der Waals surface area contributed by atoms with Crippen LogP contribution in [0.1, 0.15) is 19.8 Å². The maximum atomic E-state index is 5.14. The van der Waals surface area contributed by atoms with E-state index in [1.807, 2.05) is 0 Å². The van der Waals surface area contributed by atoms with Gasteiger partial charge >= 0.3 is 68.9 Å². The minimum Gasteiger partial charge on any atom is -0.330 e. The van der Waals surface area contributed by atoms with Crippen LogP contribution in [0.25, 0.3) is 0 Å². The van der Waals surface area contributed by atoms with E-state index in [-0.39, 0.29) is 68.9 Å². The zero-order valence-electron chi connectivity index (χ0n) is 4.70. The van der Waals surface area contributed by atoms with Crippen molar-refractivity contribution in [2.24, 2.45) is 5.73 Å². The SMILES string of the molecule is CCCCN.[Cs+].